The van der Waals surface area contributed by atoms with Gasteiger partial charge in [0.15, 0.2) is 0 Å². The third-order valence-electron chi connectivity index (χ3n) is 3.20. The normalized spacial score (nSPS) is 15.4. The van der Waals surface area contributed by atoms with Crippen LogP contribution in [0.4, 0.5) is 11.5 Å². The summed E-state index contributed by atoms with van der Waals surface area (Å²) in [5.41, 5.74) is 6.51. The van der Waals surface area contributed by atoms with Crippen LogP contribution in [0.3, 0.4) is 0 Å². The maximum Gasteiger partial charge on any atom is 0.224 e. The third kappa shape index (κ3) is 3.35. The molecule has 0 bridgehead atoms. The molecule has 1 fully saturated rings. The van der Waals surface area contributed by atoms with Gasteiger partial charge in [0.1, 0.15) is 5.82 Å². The Morgan fingerprint density at radius 1 is 1.39 bits per heavy atom. The van der Waals surface area contributed by atoms with Crippen LogP contribution in [0.15, 0.2) is 18.3 Å². The van der Waals surface area contributed by atoms with Crippen LogP contribution >= 0.6 is 0 Å². The fourth-order valence-corrected chi connectivity index (χ4v) is 2.17. The number of hydrogen-bond acceptors (Lipinski definition) is 4. The van der Waals surface area contributed by atoms with E-state index in [1.165, 1.54) is 6.42 Å². The van der Waals surface area contributed by atoms with Crippen LogP contribution in [0.1, 0.15) is 25.7 Å². The Kier molecular flexibility index (Phi) is 4.39. The van der Waals surface area contributed by atoms with Gasteiger partial charge in [0, 0.05) is 32.3 Å². The zero-order valence-electron chi connectivity index (χ0n) is 10.6. The van der Waals surface area contributed by atoms with Crippen LogP contribution < -0.4 is 11.1 Å². The molecule has 1 aromatic rings. The number of aromatic nitrogens is 1. The second-order valence-electron chi connectivity index (χ2n) is 4.55. The van der Waals surface area contributed by atoms with Gasteiger partial charge in [0.05, 0.1) is 5.69 Å². The lowest BCUT2D eigenvalue weighted by Crippen LogP contribution is -2.36. The summed E-state index contributed by atoms with van der Waals surface area (Å²) in [5.74, 6) is 0.701. The number of nitrogens with two attached hydrogens (primary N) is 1. The summed E-state index contributed by atoms with van der Waals surface area (Å²) in [4.78, 5) is 17.9. The summed E-state index contributed by atoms with van der Waals surface area (Å²) in [7, 11) is 0. The maximum atomic E-state index is 11.9. The molecule has 0 spiro atoms. The molecule has 0 atom stereocenters. The molecule has 2 rings (SSSR count). The molecule has 3 N–H and O–H groups in total. The molecule has 98 valence electrons. The van der Waals surface area contributed by atoms with E-state index in [1.807, 2.05) is 17.0 Å². The molecule has 2 heterocycles. The highest BCUT2D eigenvalue weighted by Crippen LogP contribution is 2.14. The fourth-order valence-electron chi connectivity index (χ4n) is 2.17. The first kappa shape index (κ1) is 12.7. The molecule has 0 saturated carbocycles. The second kappa shape index (κ2) is 6.23. The van der Waals surface area contributed by atoms with Gasteiger partial charge in [-0.2, -0.15) is 0 Å². The van der Waals surface area contributed by atoms with Crippen molar-refractivity contribution in [3.05, 3.63) is 18.3 Å². The van der Waals surface area contributed by atoms with E-state index in [-0.39, 0.29) is 5.91 Å². The number of rotatable bonds is 4. The quantitative estimate of drug-likeness (QED) is 0.846. The Hall–Kier alpha value is -1.78. The molecule has 1 saturated heterocycles. The van der Waals surface area contributed by atoms with Crippen LogP contribution in [0.5, 0.6) is 0 Å². The molecule has 0 unspecified atom stereocenters. The van der Waals surface area contributed by atoms with Crippen LogP contribution in [-0.2, 0) is 4.79 Å². The van der Waals surface area contributed by atoms with Crippen molar-refractivity contribution >= 4 is 17.4 Å². The standard InChI is InChI=1S/C13H20N4O/c14-13-11(5-4-7-16-13)15-8-6-12(18)17-9-2-1-3-10-17/h4-5,7,15H,1-3,6,8-10H2,(H2,14,16). The van der Waals surface area contributed by atoms with Crippen molar-refractivity contribution in [3.63, 3.8) is 0 Å². The molecule has 5 heteroatoms. The number of piperidine rings is 1. The first-order valence-corrected chi connectivity index (χ1v) is 6.49. The van der Waals surface area contributed by atoms with E-state index in [1.54, 1.807) is 6.20 Å². The van der Waals surface area contributed by atoms with E-state index in [0.717, 1.165) is 31.6 Å². The second-order valence-corrected chi connectivity index (χ2v) is 4.55. The molecule has 0 aromatic carbocycles. The van der Waals surface area contributed by atoms with E-state index in [9.17, 15) is 4.79 Å². The highest BCUT2D eigenvalue weighted by Gasteiger charge is 2.15. The van der Waals surface area contributed by atoms with Gasteiger partial charge in [0.25, 0.3) is 0 Å². The van der Waals surface area contributed by atoms with Gasteiger partial charge in [-0.15, -0.1) is 0 Å². The van der Waals surface area contributed by atoms with Crippen LogP contribution in [-0.4, -0.2) is 35.4 Å². The van der Waals surface area contributed by atoms with E-state index in [4.69, 9.17) is 5.73 Å². The lowest BCUT2D eigenvalue weighted by molar-refractivity contribution is -0.131. The Labute approximate surface area is 107 Å². The Balaban J connectivity index is 1.75. The average molecular weight is 248 g/mol. The first-order chi connectivity index (χ1) is 8.77. The lowest BCUT2D eigenvalue weighted by Gasteiger charge is -2.26. The largest absolute Gasteiger partial charge is 0.382 e. The summed E-state index contributed by atoms with van der Waals surface area (Å²) in [6.45, 7) is 2.42. The minimum atomic E-state index is 0.227. The molecule has 18 heavy (non-hydrogen) atoms. The fraction of sp³-hybridized carbons (Fsp3) is 0.538. The van der Waals surface area contributed by atoms with Crippen molar-refractivity contribution in [1.29, 1.82) is 0 Å². The predicted octanol–water partition coefficient (Wildman–Crippen LogP) is 1.48. The van der Waals surface area contributed by atoms with Crippen LogP contribution in [0.2, 0.25) is 0 Å². The van der Waals surface area contributed by atoms with Gasteiger partial charge in [-0.05, 0) is 31.4 Å². The average Bonchev–Trinajstić information content (AvgIpc) is 2.42. The van der Waals surface area contributed by atoms with E-state index in [0.29, 0.717) is 18.8 Å². The number of carbonyl (C=O) groups is 1. The van der Waals surface area contributed by atoms with Gasteiger partial charge < -0.3 is 16.0 Å². The van der Waals surface area contributed by atoms with E-state index < -0.39 is 0 Å². The summed E-state index contributed by atoms with van der Waals surface area (Å²) in [6, 6.07) is 3.69. The molecule has 1 amide bonds. The summed E-state index contributed by atoms with van der Waals surface area (Å²) in [6.07, 6.45) is 5.67. The van der Waals surface area contributed by atoms with Crippen LogP contribution in [0.25, 0.3) is 0 Å². The highest BCUT2D eigenvalue weighted by atomic mass is 16.2. The van der Waals surface area contributed by atoms with Crippen molar-refractivity contribution < 1.29 is 4.79 Å². The number of nitrogen functional groups attached to an aromatic ring is 1. The minimum Gasteiger partial charge on any atom is -0.382 e. The van der Waals surface area contributed by atoms with Gasteiger partial charge >= 0.3 is 0 Å². The number of nitrogens with one attached hydrogen (secondary N) is 1. The summed E-state index contributed by atoms with van der Waals surface area (Å²) in [5, 5.41) is 3.15. The molecule has 1 aliphatic rings. The highest BCUT2D eigenvalue weighted by molar-refractivity contribution is 5.77. The van der Waals surface area contributed by atoms with Crippen molar-refractivity contribution in [3.8, 4) is 0 Å². The number of amides is 1. The number of anilines is 2. The molecule has 5 nitrogen and oxygen atoms in total. The maximum absolute atomic E-state index is 11.9. The monoisotopic (exact) mass is 248 g/mol. The smallest absolute Gasteiger partial charge is 0.224 e. The van der Waals surface area contributed by atoms with Crippen molar-refractivity contribution in [2.24, 2.45) is 0 Å². The number of likely N-dealkylation sites (tertiary alicyclic amines) is 1. The molecule has 1 aromatic heterocycles. The molecular formula is C13H20N4O. The van der Waals surface area contributed by atoms with Gasteiger partial charge in [-0.25, -0.2) is 4.98 Å². The molecular weight excluding hydrogens is 228 g/mol. The Morgan fingerprint density at radius 2 is 2.17 bits per heavy atom. The number of hydrogen-bond donors (Lipinski definition) is 2. The zero-order valence-corrected chi connectivity index (χ0v) is 10.6. The van der Waals surface area contributed by atoms with E-state index >= 15 is 0 Å². The van der Waals surface area contributed by atoms with Crippen molar-refractivity contribution in [1.82, 2.24) is 9.88 Å². The number of nitrogens with zero attached hydrogens (tertiary/aromatic N) is 2. The van der Waals surface area contributed by atoms with Crippen molar-refractivity contribution in [2.75, 3.05) is 30.7 Å². The minimum absolute atomic E-state index is 0.227. The lowest BCUT2D eigenvalue weighted by atomic mass is 10.1. The Bertz CT molecular complexity index is 402. The number of pyridine rings is 1. The first-order valence-electron chi connectivity index (χ1n) is 6.49. The predicted molar refractivity (Wildman–Crippen MR) is 72.2 cm³/mol. The van der Waals surface area contributed by atoms with Gasteiger partial charge in [-0.1, -0.05) is 0 Å². The molecule has 0 aliphatic carbocycles. The summed E-state index contributed by atoms with van der Waals surface area (Å²) >= 11 is 0. The zero-order chi connectivity index (χ0) is 12.8. The number of carbonyl (C=O) groups excluding carboxylic acids is 1. The van der Waals surface area contributed by atoms with Crippen molar-refractivity contribution in [2.45, 2.75) is 25.7 Å². The van der Waals surface area contributed by atoms with E-state index in [2.05, 4.69) is 10.3 Å². The SMILES string of the molecule is Nc1ncccc1NCCC(=O)N1CCCCC1. The molecule has 1 aliphatic heterocycles. The Morgan fingerprint density at radius 3 is 2.89 bits per heavy atom. The molecule has 0 radical (unpaired) electrons. The summed E-state index contributed by atoms with van der Waals surface area (Å²) < 4.78 is 0. The topological polar surface area (TPSA) is 71.2 Å². The third-order valence-corrected chi connectivity index (χ3v) is 3.20. The van der Waals surface area contributed by atoms with Gasteiger partial charge in [-0.3, -0.25) is 4.79 Å². The van der Waals surface area contributed by atoms with Crippen LogP contribution in [0, 0.1) is 0 Å². The van der Waals surface area contributed by atoms with Gasteiger partial charge in [0.2, 0.25) is 5.91 Å².